The predicted molar refractivity (Wildman–Crippen MR) is 62.5 cm³/mol. The molecule has 0 fully saturated rings. The van der Waals surface area contributed by atoms with Crippen LogP contribution >= 0.6 is 0 Å². The molecule has 0 aliphatic carbocycles. The second-order valence-corrected chi connectivity index (χ2v) is 3.88. The average Bonchev–Trinajstić information content (AvgIpc) is 2.21. The summed E-state index contributed by atoms with van der Waals surface area (Å²) in [5.74, 6) is 0. The van der Waals surface area contributed by atoms with Crippen LogP contribution in [0.3, 0.4) is 0 Å². The zero-order valence-electron chi connectivity index (χ0n) is 9.76. The van der Waals surface area contributed by atoms with Crippen LogP contribution < -0.4 is 5.73 Å². The molecule has 0 radical (unpaired) electrons. The van der Waals surface area contributed by atoms with E-state index in [1.54, 1.807) is 0 Å². The molecule has 86 valence electrons. The van der Waals surface area contributed by atoms with E-state index in [4.69, 9.17) is 10.5 Å². The van der Waals surface area contributed by atoms with Gasteiger partial charge in [-0.25, -0.2) is 0 Å². The summed E-state index contributed by atoms with van der Waals surface area (Å²) in [6, 6.07) is 0. The first-order valence-electron chi connectivity index (χ1n) is 6.19. The summed E-state index contributed by atoms with van der Waals surface area (Å²) in [5, 5.41) is 0. The molecule has 0 saturated carbocycles. The molecule has 0 aromatic heterocycles. The minimum Gasteiger partial charge on any atom is -0.380 e. The van der Waals surface area contributed by atoms with Crippen molar-refractivity contribution in [1.82, 2.24) is 0 Å². The fraction of sp³-hybridized carbons (Fsp3) is 1.00. The highest BCUT2D eigenvalue weighted by molar-refractivity contribution is 4.45. The third kappa shape index (κ3) is 11.9. The van der Waals surface area contributed by atoms with Gasteiger partial charge in [0.15, 0.2) is 0 Å². The number of nitrogens with two attached hydrogens (primary N) is 1. The summed E-state index contributed by atoms with van der Waals surface area (Å²) in [6.07, 6.45) is 10.9. The maximum atomic E-state index is 5.31. The van der Waals surface area contributed by atoms with Gasteiger partial charge in [0.05, 0.1) is 6.61 Å². The van der Waals surface area contributed by atoms with Crippen LogP contribution in [0.2, 0.25) is 0 Å². The van der Waals surface area contributed by atoms with Crippen LogP contribution in [0.4, 0.5) is 0 Å². The van der Waals surface area contributed by atoms with Gasteiger partial charge in [0.1, 0.15) is 0 Å². The minimum atomic E-state index is 0.650. The van der Waals surface area contributed by atoms with E-state index >= 15 is 0 Å². The van der Waals surface area contributed by atoms with Crippen molar-refractivity contribution in [3.63, 3.8) is 0 Å². The first kappa shape index (κ1) is 13.9. The topological polar surface area (TPSA) is 35.2 Å². The molecule has 0 aromatic rings. The molecule has 0 unspecified atom stereocenters. The molecule has 14 heavy (non-hydrogen) atoms. The van der Waals surface area contributed by atoms with Crippen molar-refractivity contribution in [1.29, 1.82) is 0 Å². The fourth-order valence-electron chi connectivity index (χ4n) is 1.52. The Hall–Kier alpha value is -0.0800. The zero-order chi connectivity index (χ0) is 10.5. The number of hydrogen-bond donors (Lipinski definition) is 1. The van der Waals surface area contributed by atoms with Gasteiger partial charge in [-0.15, -0.1) is 0 Å². The molecule has 0 bridgehead atoms. The van der Waals surface area contributed by atoms with E-state index in [0.717, 1.165) is 13.2 Å². The van der Waals surface area contributed by atoms with Crippen LogP contribution in [-0.2, 0) is 4.74 Å². The Kier molecular flexibility index (Phi) is 12.8. The lowest BCUT2D eigenvalue weighted by atomic mass is 10.1. The Labute approximate surface area is 89.2 Å². The Bertz CT molecular complexity index is 84.3. The standard InChI is InChI=1S/C12H27NO/c1-2-3-4-5-6-7-8-9-11-14-12-10-13/h2-13H2,1H3. The Balaban J connectivity index is 2.78. The lowest BCUT2D eigenvalue weighted by molar-refractivity contribution is 0.137. The second-order valence-electron chi connectivity index (χ2n) is 3.88. The van der Waals surface area contributed by atoms with Crippen LogP contribution in [0.15, 0.2) is 0 Å². The van der Waals surface area contributed by atoms with Crippen LogP contribution in [0.5, 0.6) is 0 Å². The molecule has 0 aromatic carbocycles. The molecule has 2 heteroatoms. The van der Waals surface area contributed by atoms with Gasteiger partial charge >= 0.3 is 0 Å². The van der Waals surface area contributed by atoms with Gasteiger partial charge in [0, 0.05) is 13.2 Å². The molecule has 0 aliphatic rings. The highest BCUT2D eigenvalue weighted by Gasteiger charge is 1.91. The van der Waals surface area contributed by atoms with Gasteiger partial charge in [-0.3, -0.25) is 0 Å². The Morgan fingerprint density at radius 3 is 1.93 bits per heavy atom. The van der Waals surface area contributed by atoms with Gasteiger partial charge in [-0.1, -0.05) is 51.9 Å². The van der Waals surface area contributed by atoms with Crippen molar-refractivity contribution in [2.24, 2.45) is 5.73 Å². The molecule has 0 rings (SSSR count). The Morgan fingerprint density at radius 2 is 1.36 bits per heavy atom. The van der Waals surface area contributed by atoms with Gasteiger partial charge in [-0.05, 0) is 6.42 Å². The van der Waals surface area contributed by atoms with Crippen molar-refractivity contribution in [3.8, 4) is 0 Å². The predicted octanol–water partition coefficient (Wildman–Crippen LogP) is 3.10. The molecule has 0 aliphatic heterocycles. The van der Waals surface area contributed by atoms with E-state index in [2.05, 4.69) is 6.92 Å². The third-order valence-corrected chi connectivity index (χ3v) is 2.40. The quantitative estimate of drug-likeness (QED) is 0.521. The van der Waals surface area contributed by atoms with Crippen LogP contribution in [0, 0.1) is 0 Å². The van der Waals surface area contributed by atoms with Crippen molar-refractivity contribution in [2.75, 3.05) is 19.8 Å². The van der Waals surface area contributed by atoms with E-state index in [9.17, 15) is 0 Å². The number of hydrogen-bond acceptors (Lipinski definition) is 2. The maximum Gasteiger partial charge on any atom is 0.0588 e. The van der Waals surface area contributed by atoms with Gasteiger partial charge < -0.3 is 10.5 Å². The van der Waals surface area contributed by atoms with E-state index in [0.29, 0.717) is 6.54 Å². The lowest BCUT2D eigenvalue weighted by Gasteiger charge is -2.02. The van der Waals surface area contributed by atoms with E-state index < -0.39 is 0 Å². The van der Waals surface area contributed by atoms with Crippen LogP contribution in [0.25, 0.3) is 0 Å². The van der Waals surface area contributed by atoms with Gasteiger partial charge in [0.2, 0.25) is 0 Å². The monoisotopic (exact) mass is 201 g/mol. The average molecular weight is 201 g/mol. The van der Waals surface area contributed by atoms with Crippen molar-refractivity contribution < 1.29 is 4.74 Å². The lowest BCUT2D eigenvalue weighted by Crippen LogP contribution is -2.08. The Morgan fingerprint density at radius 1 is 0.786 bits per heavy atom. The molecule has 0 spiro atoms. The van der Waals surface area contributed by atoms with E-state index in [1.165, 1.54) is 51.4 Å². The van der Waals surface area contributed by atoms with E-state index in [-0.39, 0.29) is 0 Å². The first-order chi connectivity index (χ1) is 6.91. The molecule has 0 amide bonds. The molecular formula is C12H27NO. The van der Waals surface area contributed by atoms with Crippen molar-refractivity contribution >= 4 is 0 Å². The smallest absolute Gasteiger partial charge is 0.0588 e. The summed E-state index contributed by atoms with van der Waals surface area (Å²) in [5.41, 5.74) is 5.31. The highest BCUT2D eigenvalue weighted by atomic mass is 16.5. The molecule has 2 nitrogen and oxygen atoms in total. The SMILES string of the molecule is CCCCCCCCCCOCCN. The second kappa shape index (κ2) is 12.9. The van der Waals surface area contributed by atoms with Crippen molar-refractivity contribution in [3.05, 3.63) is 0 Å². The fourth-order valence-corrected chi connectivity index (χ4v) is 1.52. The summed E-state index contributed by atoms with van der Waals surface area (Å²) in [4.78, 5) is 0. The number of rotatable bonds is 11. The third-order valence-electron chi connectivity index (χ3n) is 2.40. The summed E-state index contributed by atoms with van der Waals surface area (Å²) in [6.45, 7) is 4.52. The molecule has 2 N–H and O–H groups in total. The summed E-state index contributed by atoms with van der Waals surface area (Å²) >= 11 is 0. The molecular weight excluding hydrogens is 174 g/mol. The normalized spacial score (nSPS) is 10.7. The van der Waals surface area contributed by atoms with Gasteiger partial charge in [0.25, 0.3) is 0 Å². The minimum absolute atomic E-state index is 0.650. The number of ether oxygens (including phenoxy) is 1. The largest absolute Gasteiger partial charge is 0.380 e. The zero-order valence-corrected chi connectivity index (χ0v) is 9.76. The van der Waals surface area contributed by atoms with Crippen molar-refractivity contribution in [2.45, 2.75) is 58.3 Å². The first-order valence-corrected chi connectivity index (χ1v) is 6.19. The molecule has 0 heterocycles. The summed E-state index contributed by atoms with van der Waals surface area (Å²) < 4.78 is 5.30. The van der Waals surface area contributed by atoms with Crippen LogP contribution in [-0.4, -0.2) is 19.8 Å². The maximum absolute atomic E-state index is 5.31. The van der Waals surface area contributed by atoms with E-state index in [1.807, 2.05) is 0 Å². The number of unbranched alkanes of at least 4 members (excludes halogenated alkanes) is 7. The van der Waals surface area contributed by atoms with Crippen LogP contribution in [0.1, 0.15) is 58.3 Å². The molecule has 0 atom stereocenters. The highest BCUT2D eigenvalue weighted by Crippen LogP contribution is 2.08. The van der Waals surface area contributed by atoms with Gasteiger partial charge in [-0.2, -0.15) is 0 Å². The molecule has 0 saturated heterocycles. The summed E-state index contributed by atoms with van der Waals surface area (Å²) in [7, 11) is 0.